The van der Waals surface area contributed by atoms with Crippen LogP contribution in [-0.2, 0) is 38.1 Å². The van der Waals surface area contributed by atoms with Crippen LogP contribution in [-0.4, -0.2) is 50.3 Å². The molecular formula is C20H28O8. The van der Waals surface area contributed by atoms with Gasteiger partial charge in [-0.3, -0.25) is 0 Å². The van der Waals surface area contributed by atoms with E-state index in [-0.39, 0.29) is 26.4 Å². The second kappa shape index (κ2) is 17.5. The average Bonchev–Trinajstić information content (AvgIpc) is 2.66. The molecular weight excluding hydrogens is 368 g/mol. The number of rotatable bonds is 14. The summed E-state index contributed by atoms with van der Waals surface area (Å²) in [5.74, 6) is -2.12. The van der Waals surface area contributed by atoms with E-state index in [2.05, 4.69) is 0 Å². The Kier molecular flexibility index (Phi) is 15.7. The molecule has 0 saturated carbocycles. The number of hydrogen-bond acceptors (Lipinski definition) is 8. The van der Waals surface area contributed by atoms with Gasteiger partial charge in [0.25, 0.3) is 0 Å². The molecule has 0 rings (SSSR count). The molecule has 0 unspecified atom stereocenters. The van der Waals surface area contributed by atoms with E-state index in [1.807, 2.05) is 0 Å². The third kappa shape index (κ3) is 16.6. The fourth-order valence-electron chi connectivity index (χ4n) is 1.70. The zero-order chi connectivity index (χ0) is 21.0. The maximum atomic E-state index is 11.4. The molecule has 8 heteroatoms. The first kappa shape index (κ1) is 25.1. The Balaban J connectivity index is 3.65. The molecule has 0 aromatic rings. The van der Waals surface area contributed by atoms with Crippen molar-refractivity contribution in [3.63, 3.8) is 0 Å². The smallest absolute Gasteiger partial charge is 0.331 e. The lowest BCUT2D eigenvalue weighted by Crippen LogP contribution is -2.08. The van der Waals surface area contributed by atoms with Gasteiger partial charge in [0.15, 0.2) is 0 Å². The van der Waals surface area contributed by atoms with E-state index in [1.165, 1.54) is 12.2 Å². The van der Waals surface area contributed by atoms with Gasteiger partial charge in [-0.05, 0) is 39.5 Å². The first-order valence-corrected chi connectivity index (χ1v) is 9.10. The zero-order valence-corrected chi connectivity index (χ0v) is 16.4. The highest BCUT2D eigenvalue weighted by molar-refractivity contribution is 5.91. The van der Waals surface area contributed by atoms with Crippen molar-refractivity contribution in [2.24, 2.45) is 0 Å². The van der Waals surface area contributed by atoms with Gasteiger partial charge in [-0.15, -0.1) is 0 Å². The number of allylic oxidation sites excluding steroid dienone is 2. The van der Waals surface area contributed by atoms with Gasteiger partial charge < -0.3 is 18.9 Å². The van der Waals surface area contributed by atoms with Gasteiger partial charge in [0.05, 0.1) is 26.4 Å². The highest BCUT2D eigenvalue weighted by Gasteiger charge is 2.02. The number of hydrogen-bond donors (Lipinski definition) is 0. The zero-order valence-electron chi connectivity index (χ0n) is 16.4. The van der Waals surface area contributed by atoms with Crippen molar-refractivity contribution in [3.05, 3.63) is 36.5 Å². The van der Waals surface area contributed by atoms with Crippen molar-refractivity contribution in [3.8, 4) is 0 Å². The molecule has 0 heterocycles. The molecule has 28 heavy (non-hydrogen) atoms. The minimum atomic E-state index is -0.654. The van der Waals surface area contributed by atoms with Crippen LogP contribution in [0, 0.1) is 0 Å². The molecule has 0 atom stereocenters. The summed E-state index contributed by atoms with van der Waals surface area (Å²) >= 11 is 0. The van der Waals surface area contributed by atoms with Gasteiger partial charge >= 0.3 is 23.9 Å². The van der Waals surface area contributed by atoms with Crippen LogP contribution in [0.4, 0.5) is 0 Å². The fraction of sp³-hybridized carbons (Fsp3) is 0.500. The largest absolute Gasteiger partial charge is 0.463 e. The fourth-order valence-corrected chi connectivity index (χ4v) is 1.70. The third-order valence-corrected chi connectivity index (χ3v) is 3.02. The molecule has 0 aliphatic rings. The third-order valence-electron chi connectivity index (χ3n) is 3.02. The minimum Gasteiger partial charge on any atom is -0.463 e. The van der Waals surface area contributed by atoms with Gasteiger partial charge in [0, 0.05) is 24.3 Å². The first-order valence-electron chi connectivity index (χ1n) is 9.10. The summed E-state index contributed by atoms with van der Waals surface area (Å²) in [6.07, 6.45) is 10.00. The minimum absolute atomic E-state index is 0.158. The second-order valence-electron chi connectivity index (χ2n) is 5.42. The summed E-state index contributed by atoms with van der Waals surface area (Å²) < 4.78 is 19.6. The number of ether oxygens (including phenoxy) is 4. The lowest BCUT2D eigenvalue weighted by atomic mass is 10.3. The highest BCUT2D eigenvalue weighted by Crippen LogP contribution is 1.96. The van der Waals surface area contributed by atoms with Gasteiger partial charge in [0.2, 0.25) is 0 Å². The maximum Gasteiger partial charge on any atom is 0.331 e. The molecule has 8 nitrogen and oxygen atoms in total. The van der Waals surface area contributed by atoms with Crippen molar-refractivity contribution in [1.82, 2.24) is 0 Å². The van der Waals surface area contributed by atoms with E-state index in [4.69, 9.17) is 18.9 Å². The quantitative estimate of drug-likeness (QED) is 0.191. The maximum absolute atomic E-state index is 11.4. The van der Waals surface area contributed by atoms with Crippen LogP contribution >= 0.6 is 0 Å². The Hall–Kier alpha value is -2.90. The van der Waals surface area contributed by atoms with Gasteiger partial charge in [0.1, 0.15) is 0 Å². The number of esters is 4. The van der Waals surface area contributed by atoms with Crippen LogP contribution in [0.15, 0.2) is 36.5 Å². The van der Waals surface area contributed by atoms with Crippen LogP contribution in [0.2, 0.25) is 0 Å². The summed E-state index contributed by atoms with van der Waals surface area (Å²) in [4.78, 5) is 45.0. The molecule has 0 spiro atoms. The Bertz CT molecular complexity index is 525. The molecule has 0 radical (unpaired) electrons. The predicted octanol–water partition coefficient (Wildman–Crippen LogP) is 2.43. The molecule has 0 saturated heterocycles. The SMILES string of the molecule is CC=CC(=O)OCCCCOC(=O)/C=C\C(=O)OCCCCOC(=O)C=CC. The molecule has 0 aromatic carbocycles. The highest BCUT2D eigenvalue weighted by atomic mass is 16.5. The Labute approximate surface area is 165 Å². The van der Waals surface area contributed by atoms with E-state index >= 15 is 0 Å². The normalized spacial score (nSPS) is 11.1. The lowest BCUT2D eigenvalue weighted by Gasteiger charge is -2.04. The molecule has 0 aromatic heterocycles. The Morgan fingerprint density at radius 3 is 1.00 bits per heavy atom. The van der Waals surface area contributed by atoms with Crippen LogP contribution in [0.25, 0.3) is 0 Å². The summed E-state index contributed by atoms with van der Waals surface area (Å²) in [6.45, 7) is 4.25. The van der Waals surface area contributed by atoms with E-state index < -0.39 is 23.9 Å². The molecule has 0 bridgehead atoms. The van der Waals surface area contributed by atoms with Crippen LogP contribution in [0.3, 0.4) is 0 Å². The summed E-state index contributed by atoms with van der Waals surface area (Å²) in [6, 6.07) is 0. The van der Waals surface area contributed by atoms with E-state index in [0.29, 0.717) is 25.7 Å². The van der Waals surface area contributed by atoms with Gasteiger partial charge in [-0.25, -0.2) is 19.2 Å². The first-order chi connectivity index (χ1) is 13.5. The van der Waals surface area contributed by atoms with Crippen molar-refractivity contribution >= 4 is 23.9 Å². The molecule has 156 valence electrons. The lowest BCUT2D eigenvalue weighted by molar-refractivity contribution is -0.141. The number of carbonyl (C=O) groups is 4. The van der Waals surface area contributed by atoms with E-state index in [9.17, 15) is 19.2 Å². The van der Waals surface area contributed by atoms with Crippen molar-refractivity contribution in [1.29, 1.82) is 0 Å². The van der Waals surface area contributed by atoms with Gasteiger partial charge in [-0.2, -0.15) is 0 Å². The topological polar surface area (TPSA) is 105 Å². The number of carbonyl (C=O) groups excluding carboxylic acids is 4. The second-order valence-corrected chi connectivity index (χ2v) is 5.42. The summed E-state index contributed by atoms with van der Waals surface area (Å²) in [7, 11) is 0. The Morgan fingerprint density at radius 1 is 0.500 bits per heavy atom. The monoisotopic (exact) mass is 396 g/mol. The predicted molar refractivity (Wildman–Crippen MR) is 101 cm³/mol. The average molecular weight is 396 g/mol. The molecule has 0 N–H and O–H groups in total. The summed E-state index contributed by atoms with van der Waals surface area (Å²) in [5, 5.41) is 0. The van der Waals surface area contributed by atoms with Crippen molar-refractivity contribution in [2.75, 3.05) is 26.4 Å². The molecule has 0 aliphatic carbocycles. The molecule has 0 aliphatic heterocycles. The number of unbranched alkanes of at least 4 members (excludes halogenated alkanes) is 2. The Morgan fingerprint density at radius 2 is 0.750 bits per heavy atom. The van der Waals surface area contributed by atoms with Crippen LogP contribution in [0.1, 0.15) is 39.5 Å². The van der Waals surface area contributed by atoms with E-state index in [1.54, 1.807) is 26.0 Å². The molecule has 0 amide bonds. The molecule has 0 fully saturated rings. The van der Waals surface area contributed by atoms with Crippen LogP contribution in [0.5, 0.6) is 0 Å². The van der Waals surface area contributed by atoms with Crippen molar-refractivity contribution < 1.29 is 38.1 Å². The van der Waals surface area contributed by atoms with Gasteiger partial charge in [-0.1, -0.05) is 12.2 Å². The van der Waals surface area contributed by atoms with Crippen LogP contribution < -0.4 is 0 Å². The standard InChI is InChI=1S/C20H28O8/c1-3-9-17(21)25-13-5-7-15-27-19(23)11-12-20(24)28-16-8-6-14-26-18(22)10-4-2/h3-4,9-12H,5-8,13-16H2,1-2H3/b9-3?,10-4?,12-11-. The van der Waals surface area contributed by atoms with E-state index in [0.717, 1.165) is 12.2 Å². The summed E-state index contributed by atoms with van der Waals surface area (Å²) in [5.41, 5.74) is 0. The van der Waals surface area contributed by atoms with Crippen molar-refractivity contribution in [2.45, 2.75) is 39.5 Å².